The lowest BCUT2D eigenvalue weighted by Crippen LogP contribution is -2.45. The summed E-state index contributed by atoms with van der Waals surface area (Å²) in [4.78, 5) is 38.3. The van der Waals surface area contributed by atoms with Crippen LogP contribution < -0.4 is 5.32 Å². The van der Waals surface area contributed by atoms with E-state index in [9.17, 15) is 14.4 Å². The van der Waals surface area contributed by atoms with Crippen LogP contribution in [0.2, 0.25) is 0 Å². The number of alkyl carbamates (subject to hydrolysis) is 1. The van der Waals surface area contributed by atoms with E-state index in [0.29, 0.717) is 13.1 Å². The van der Waals surface area contributed by atoms with Gasteiger partial charge in [-0.05, 0) is 53.9 Å². The number of likely N-dealkylation sites (tertiary alicyclic amines) is 1. The van der Waals surface area contributed by atoms with E-state index in [1.807, 2.05) is 24.3 Å². The molecule has 2 fully saturated rings. The quantitative estimate of drug-likeness (QED) is 0.648. The summed E-state index contributed by atoms with van der Waals surface area (Å²) in [7, 11) is 0. The van der Waals surface area contributed by atoms with E-state index >= 15 is 0 Å². The van der Waals surface area contributed by atoms with Gasteiger partial charge in [0.1, 0.15) is 6.61 Å². The minimum atomic E-state index is -0.867. The molecule has 2 aromatic rings. The third-order valence-corrected chi connectivity index (χ3v) is 7.41. The number of hydrogen-bond acceptors (Lipinski definition) is 4. The fourth-order valence-electron chi connectivity index (χ4n) is 5.56. The van der Waals surface area contributed by atoms with Gasteiger partial charge in [-0.1, -0.05) is 48.5 Å². The van der Waals surface area contributed by atoms with Crippen LogP contribution in [0.15, 0.2) is 48.5 Å². The molecule has 0 spiro atoms. The Labute approximate surface area is 199 Å². The first-order valence-corrected chi connectivity index (χ1v) is 12.1. The number of rotatable bonds is 7. The lowest BCUT2D eigenvalue weighted by atomic mass is 9.98. The number of carboxylic acid groups (broad SMARTS) is 1. The SMILES string of the molecule is O=C(O)CC1CCCCN1C(=O)[C@@H]1C[C@@H]1CNC(=O)OCC1c2ccccc2-c2ccccc21. The number of nitrogens with one attached hydrogen (secondary N) is 1. The van der Waals surface area contributed by atoms with Crippen LogP contribution in [-0.2, 0) is 14.3 Å². The number of benzene rings is 2. The molecule has 3 atom stereocenters. The van der Waals surface area contributed by atoms with Crippen LogP contribution in [-0.4, -0.2) is 53.7 Å². The van der Waals surface area contributed by atoms with Crippen molar-refractivity contribution in [2.75, 3.05) is 19.7 Å². The molecule has 2 aromatic carbocycles. The molecule has 2 amide bonds. The number of ether oxygens (including phenoxy) is 1. The Bertz CT molecular complexity index is 1050. The number of carbonyl (C=O) groups excluding carboxylic acids is 2. The van der Waals surface area contributed by atoms with Gasteiger partial charge in [-0.3, -0.25) is 9.59 Å². The maximum absolute atomic E-state index is 12.9. The molecule has 178 valence electrons. The largest absolute Gasteiger partial charge is 0.481 e. The van der Waals surface area contributed by atoms with Crippen molar-refractivity contribution in [3.05, 3.63) is 59.7 Å². The van der Waals surface area contributed by atoms with Gasteiger partial charge in [0.05, 0.1) is 6.42 Å². The molecule has 7 nitrogen and oxygen atoms in total. The fourth-order valence-corrected chi connectivity index (χ4v) is 5.56. The second-order valence-corrected chi connectivity index (χ2v) is 9.59. The molecule has 1 heterocycles. The lowest BCUT2D eigenvalue weighted by molar-refractivity contribution is -0.142. The van der Waals surface area contributed by atoms with Crippen LogP contribution in [0.25, 0.3) is 11.1 Å². The molecule has 1 aliphatic heterocycles. The molecule has 0 bridgehead atoms. The van der Waals surface area contributed by atoms with Gasteiger partial charge in [0.2, 0.25) is 5.91 Å². The van der Waals surface area contributed by atoms with Crippen molar-refractivity contribution in [1.29, 1.82) is 0 Å². The molecular weight excluding hydrogens is 432 g/mol. The van der Waals surface area contributed by atoms with E-state index < -0.39 is 12.1 Å². The van der Waals surface area contributed by atoms with Gasteiger partial charge in [-0.15, -0.1) is 0 Å². The van der Waals surface area contributed by atoms with Crippen LogP contribution in [0, 0.1) is 11.8 Å². The van der Waals surface area contributed by atoms with Crippen LogP contribution in [0.1, 0.15) is 49.1 Å². The van der Waals surface area contributed by atoms with E-state index in [1.54, 1.807) is 4.90 Å². The van der Waals surface area contributed by atoms with Crippen LogP contribution in [0.4, 0.5) is 4.79 Å². The third-order valence-electron chi connectivity index (χ3n) is 7.41. The second kappa shape index (κ2) is 9.49. The summed E-state index contributed by atoms with van der Waals surface area (Å²) < 4.78 is 5.58. The molecule has 2 N–H and O–H groups in total. The van der Waals surface area contributed by atoms with Gasteiger partial charge in [0.15, 0.2) is 0 Å². The first-order valence-electron chi connectivity index (χ1n) is 12.1. The van der Waals surface area contributed by atoms with E-state index in [4.69, 9.17) is 9.84 Å². The predicted octanol–water partition coefficient (Wildman–Crippen LogP) is 4.02. The molecule has 1 saturated carbocycles. The van der Waals surface area contributed by atoms with Crippen molar-refractivity contribution in [1.82, 2.24) is 10.2 Å². The highest BCUT2D eigenvalue weighted by Gasteiger charge is 2.46. The normalized spacial score (nSPS) is 23.1. The maximum atomic E-state index is 12.9. The average Bonchev–Trinajstić information content (AvgIpc) is 3.56. The van der Waals surface area contributed by atoms with Crippen molar-refractivity contribution in [2.45, 2.75) is 44.1 Å². The highest BCUT2D eigenvalue weighted by molar-refractivity contribution is 5.83. The summed E-state index contributed by atoms with van der Waals surface area (Å²) >= 11 is 0. The van der Waals surface area contributed by atoms with Crippen molar-refractivity contribution in [3.8, 4) is 11.1 Å². The topological polar surface area (TPSA) is 95.9 Å². The number of hydrogen-bond donors (Lipinski definition) is 2. The van der Waals surface area contributed by atoms with Gasteiger partial charge in [-0.25, -0.2) is 4.79 Å². The van der Waals surface area contributed by atoms with E-state index in [-0.39, 0.29) is 42.7 Å². The molecule has 5 rings (SSSR count). The molecule has 7 heteroatoms. The number of nitrogens with zero attached hydrogens (tertiary/aromatic N) is 1. The zero-order valence-electron chi connectivity index (χ0n) is 19.1. The maximum Gasteiger partial charge on any atom is 0.407 e. The Balaban J connectivity index is 1.11. The number of piperidine rings is 1. The number of carboxylic acids is 1. The summed E-state index contributed by atoms with van der Waals surface area (Å²) in [6.45, 7) is 1.28. The standard InChI is InChI=1S/C27H30N2O5/c30-25(31)14-18-7-5-6-12-29(18)26(32)23-13-17(23)15-28-27(33)34-16-24-21-10-3-1-8-19(21)20-9-2-4-11-22(20)24/h1-4,8-11,17-18,23-24H,5-7,12-16H2,(H,28,33)(H,30,31)/t17-,18?,23-/m1/s1. The van der Waals surface area contributed by atoms with E-state index in [0.717, 1.165) is 25.7 Å². The molecule has 3 aliphatic rings. The van der Waals surface area contributed by atoms with Gasteiger partial charge in [0, 0.05) is 31.0 Å². The first kappa shape index (κ1) is 22.4. The van der Waals surface area contributed by atoms with E-state index in [2.05, 4.69) is 29.6 Å². The fraction of sp³-hybridized carbons (Fsp3) is 0.444. The smallest absolute Gasteiger partial charge is 0.407 e. The third kappa shape index (κ3) is 4.52. The Hall–Kier alpha value is -3.35. The van der Waals surface area contributed by atoms with Gasteiger partial charge < -0.3 is 20.1 Å². The Morgan fingerprint density at radius 1 is 1.00 bits per heavy atom. The monoisotopic (exact) mass is 462 g/mol. The van der Waals surface area contributed by atoms with Crippen molar-refractivity contribution in [2.24, 2.45) is 11.8 Å². The van der Waals surface area contributed by atoms with Gasteiger partial charge >= 0.3 is 12.1 Å². The van der Waals surface area contributed by atoms with Crippen LogP contribution >= 0.6 is 0 Å². The number of fused-ring (bicyclic) bond motifs is 3. The minimum absolute atomic E-state index is 0.00112. The van der Waals surface area contributed by atoms with Crippen molar-refractivity contribution in [3.63, 3.8) is 0 Å². The molecular formula is C27H30N2O5. The number of carbonyl (C=O) groups is 3. The van der Waals surface area contributed by atoms with Gasteiger partial charge in [-0.2, -0.15) is 0 Å². The summed E-state index contributed by atoms with van der Waals surface area (Å²) in [5.41, 5.74) is 4.71. The molecule has 1 saturated heterocycles. The Morgan fingerprint density at radius 3 is 2.35 bits per heavy atom. The highest BCUT2D eigenvalue weighted by atomic mass is 16.5. The molecule has 0 aromatic heterocycles. The Morgan fingerprint density at radius 2 is 1.68 bits per heavy atom. The Kier molecular flexibility index (Phi) is 6.26. The van der Waals surface area contributed by atoms with Crippen molar-refractivity contribution >= 4 is 18.0 Å². The van der Waals surface area contributed by atoms with Gasteiger partial charge in [0.25, 0.3) is 0 Å². The zero-order chi connectivity index (χ0) is 23.7. The summed E-state index contributed by atoms with van der Waals surface area (Å²) in [6.07, 6.45) is 2.87. The summed E-state index contributed by atoms with van der Waals surface area (Å²) in [6, 6.07) is 16.2. The molecule has 2 aliphatic carbocycles. The first-order chi connectivity index (χ1) is 16.5. The predicted molar refractivity (Wildman–Crippen MR) is 126 cm³/mol. The van der Waals surface area contributed by atoms with E-state index in [1.165, 1.54) is 22.3 Å². The summed E-state index contributed by atoms with van der Waals surface area (Å²) in [5.74, 6) is -0.874. The average molecular weight is 463 g/mol. The zero-order valence-corrected chi connectivity index (χ0v) is 19.1. The summed E-state index contributed by atoms with van der Waals surface area (Å²) in [5, 5.41) is 12.0. The number of aliphatic carboxylic acids is 1. The number of amides is 2. The highest BCUT2D eigenvalue weighted by Crippen LogP contribution is 2.44. The molecule has 0 radical (unpaired) electrons. The molecule has 34 heavy (non-hydrogen) atoms. The second-order valence-electron chi connectivity index (χ2n) is 9.59. The molecule has 1 unspecified atom stereocenters. The lowest BCUT2D eigenvalue weighted by Gasteiger charge is -2.35. The van der Waals surface area contributed by atoms with Crippen LogP contribution in [0.5, 0.6) is 0 Å². The minimum Gasteiger partial charge on any atom is -0.481 e. The van der Waals surface area contributed by atoms with Crippen LogP contribution in [0.3, 0.4) is 0 Å². The van der Waals surface area contributed by atoms with Crippen molar-refractivity contribution < 1.29 is 24.2 Å².